The Bertz CT molecular complexity index is 528. The minimum atomic E-state index is -0.416. The van der Waals surface area contributed by atoms with Gasteiger partial charge in [0.05, 0.1) is 4.92 Å². The average Bonchev–Trinajstić information content (AvgIpc) is 2.61. The minimum Gasteiger partial charge on any atom is -0.306 e. The molecule has 0 saturated carbocycles. The van der Waals surface area contributed by atoms with Crippen molar-refractivity contribution in [1.29, 1.82) is 0 Å². The predicted octanol–water partition coefficient (Wildman–Crippen LogP) is 2.57. The molecule has 0 radical (unpaired) electrons. The highest BCUT2D eigenvalue weighted by molar-refractivity contribution is 9.10. The molecule has 0 N–H and O–H groups in total. The van der Waals surface area contributed by atoms with Gasteiger partial charge >= 0.3 is 0 Å². The predicted molar refractivity (Wildman–Crippen MR) is 67.3 cm³/mol. The molecule has 1 heterocycles. The molecule has 0 spiro atoms. The molecule has 17 heavy (non-hydrogen) atoms. The minimum absolute atomic E-state index is 0.0297. The number of hydrogen-bond donors (Lipinski definition) is 0. The van der Waals surface area contributed by atoms with Crippen LogP contribution in [-0.2, 0) is 11.2 Å². The van der Waals surface area contributed by atoms with E-state index in [0.29, 0.717) is 28.7 Å². The SMILES string of the molecule is CC(=O)N1CCc2cc(Br)c(C)c([N+](=O)[O-])c21. The summed E-state index contributed by atoms with van der Waals surface area (Å²) >= 11 is 3.32. The molecule has 0 bridgehead atoms. The van der Waals surface area contributed by atoms with Crippen molar-refractivity contribution in [1.82, 2.24) is 0 Å². The summed E-state index contributed by atoms with van der Waals surface area (Å²) in [6, 6.07) is 1.86. The number of halogens is 1. The lowest BCUT2D eigenvalue weighted by Gasteiger charge is -2.16. The number of nitro groups is 1. The lowest BCUT2D eigenvalue weighted by Crippen LogP contribution is -2.26. The second-order valence-corrected chi connectivity index (χ2v) is 4.87. The maximum Gasteiger partial charge on any atom is 0.297 e. The number of benzene rings is 1. The van der Waals surface area contributed by atoms with Gasteiger partial charge < -0.3 is 4.90 Å². The number of anilines is 1. The van der Waals surface area contributed by atoms with Crippen LogP contribution in [0.5, 0.6) is 0 Å². The molecular formula is C11H11BrN2O3. The fourth-order valence-electron chi connectivity index (χ4n) is 2.15. The second kappa shape index (κ2) is 4.10. The van der Waals surface area contributed by atoms with Crippen LogP contribution in [0.4, 0.5) is 11.4 Å². The first-order valence-electron chi connectivity index (χ1n) is 5.18. The quantitative estimate of drug-likeness (QED) is 0.591. The molecule has 6 heteroatoms. The monoisotopic (exact) mass is 298 g/mol. The van der Waals surface area contributed by atoms with Crippen molar-refractivity contribution in [2.24, 2.45) is 0 Å². The average molecular weight is 299 g/mol. The summed E-state index contributed by atoms with van der Waals surface area (Å²) in [5, 5.41) is 11.1. The Hall–Kier alpha value is -1.43. The molecule has 0 atom stereocenters. The number of nitro benzene ring substituents is 1. The van der Waals surface area contributed by atoms with E-state index in [1.54, 1.807) is 6.92 Å². The van der Waals surface area contributed by atoms with Gasteiger partial charge in [-0.25, -0.2) is 0 Å². The summed E-state index contributed by atoms with van der Waals surface area (Å²) in [4.78, 5) is 23.7. The van der Waals surface area contributed by atoms with Crippen LogP contribution in [0.2, 0.25) is 0 Å². The second-order valence-electron chi connectivity index (χ2n) is 4.02. The lowest BCUT2D eigenvalue weighted by molar-refractivity contribution is -0.384. The largest absolute Gasteiger partial charge is 0.306 e. The summed E-state index contributed by atoms with van der Waals surface area (Å²) in [6.45, 7) is 3.62. The van der Waals surface area contributed by atoms with Gasteiger partial charge in [0.25, 0.3) is 5.69 Å². The summed E-state index contributed by atoms with van der Waals surface area (Å²) in [5.74, 6) is -0.159. The first kappa shape index (κ1) is 12.0. The number of rotatable bonds is 1. The third-order valence-corrected chi connectivity index (χ3v) is 3.80. The van der Waals surface area contributed by atoms with Gasteiger partial charge in [-0.3, -0.25) is 14.9 Å². The van der Waals surface area contributed by atoms with Crippen LogP contribution >= 0.6 is 15.9 Å². The van der Waals surface area contributed by atoms with Gasteiger partial charge in [0, 0.05) is 23.5 Å². The van der Waals surface area contributed by atoms with Gasteiger partial charge in [0.15, 0.2) is 0 Å². The Balaban J connectivity index is 2.73. The van der Waals surface area contributed by atoms with Gasteiger partial charge in [-0.15, -0.1) is 0 Å². The molecule has 0 fully saturated rings. The summed E-state index contributed by atoms with van der Waals surface area (Å²) in [6.07, 6.45) is 0.661. The number of nitrogens with zero attached hydrogens (tertiary/aromatic N) is 2. The van der Waals surface area contributed by atoms with Gasteiger partial charge in [-0.2, -0.15) is 0 Å². The Morgan fingerprint density at radius 2 is 2.24 bits per heavy atom. The van der Waals surface area contributed by atoms with Crippen LogP contribution in [0.25, 0.3) is 0 Å². The molecule has 1 amide bonds. The standard InChI is InChI=1S/C11H11BrN2O3/c1-6-9(12)5-8-3-4-13(7(2)15)11(8)10(6)14(16)17/h5H,3-4H2,1-2H3. The van der Waals surface area contributed by atoms with Crippen molar-refractivity contribution in [2.75, 3.05) is 11.4 Å². The molecule has 1 aliphatic heterocycles. The molecule has 1 aliphatic rings. The van der Waals surface area contributed by atoms with Gasteiger partial charge in [0.1, 0.15) is 5.69 Å². The number of amides is 1. The van der Waals surface area contributed by atoms with Crippen LogP contribution in [0.1, 0.15) is 18.1 Å². The molecule has 1 aromatic rings. The van der Waals surface area contributed by atoms with Crippen molar-refractivity contribution in [2.45, 2.75) is 20.3 Å². The van der Waals surface area contributed by atoms with Crippen molar-refractivity contribution in [3.05, 3.63) is 31.8 Å². The lowest BCUT2D eigenvalue weighted by atomic mass is 10.1. The Labute approximate surface area is 107 Å². The number of fused-ring (bicyclic) bond motifs is 1. The van der Waals surface area contributed by atoms with E-state index in [1.165, 1.54) is 11.8 Å². The van der Waals surface area contributed by atoms with Gasteiger partial charge in [-0.05, 0) is 25.0 Å². The fraction of sp³-hybridized carbons (Fsp3) is 0.364. The van der Waals surface area contributed by atoms with Crippen LogP contribution in [0, 0.1) is 17.0 Å². The van der Waals surface area contributed by atoms with E-state index in [-0.39, 0.29) is 11.6 Å². The van der Waals surface area contributed by atoms with E-state index >= 15 is 0 Å². The fourth-order valence-corrected chi connectivity index (χ4v) is 2.61. The van der Waals surface area contributed by atoms with E-state index in [0.717, 1.165) is 5.56 Å². The Morgan fingerprint density at radius 3 is 2.76 bits per heavy atom. The van der Waals surface area contributed by atoms with E-state index in [1.807, 2.05) is 6.07 Å². The zero-order chi connectivity index (χ0) is 12.7. The highest BCUT2D eigenvalue weighted by Crippen LogP contribution is 2.42. The number of carbonyl (C=O) groups excluding carboxylic acids is 1. The number of hydrogen-bond acceptors (Lipinski definition) is 3. The Morgan fingerprint density at radius 1 is 1.59 bits per heavy atom. The zero-order valence-corrected chi connectivity index (χ0v) is 11.1. The molecule has 90 valence electrons. The van der Waals surface area contributed by atoms with Crippen LogP contribution in [0.15, 0.2) is 10.5 Å². The molecule has 1 aromatic carbocycles. The molecule has 0 aliphatic carbocycles. The van der Waals surface area contributed by atoms with Crippen LogP contribution in [0.3, 0.4) is 0 Å². The molecule has 0 saturated heterocycles. The third-order valence-electron chi connectivity index (χ3n) is 2.98. The van der Waals surface area contributed by atoms with E-state index in [2.05, 4.69) is 15.9 Å². The summed E-state index contributed by atoms with van der Waals surface area (Å²) in [5.41, 5.74) is 1.90. The van der Waals surface area contributed by atoms with Crippen molar-refractivity contribution in [3.63, 3.8) is 0 Å². The van der Waals surface area contributed by atoms with Crippen molar-refractivity contribution < 1.29 is 9.72 Å². The third kappa shape index (κ3) is 1.82. The van der Waals surface area contributed by atoms with E-state index in [9.17, 15) is 14.9 Å². The van der Waals surface area contributed by atoms with Gasteiger partial charge in [-0.1, -0.05) is 15.9 Å². The van der Waals surface area contributed by atoms with Crippen LogP contribution < -0.4 is 4.90 Å². The summed E-state index contributed by atoms with van der Waals surface area (Å²) < 4.78 is 0.716. The van der Waals surface area contributed by atoms with E-state index in [4.69, 9.17) is 0 Å². The molecule has 5 nitrogen and oxygen atoms in total. The topological polar surface area (TPSA) is 63.5 Å². The highest BCUT2D eigenvalue weighted by atomic mass is 79.9. The van der Waals surface area contributed by atoms with Crippen molar-refractivity contribution >= 4 is 33.2 Å². The molecule has 0 unspecified atom stereocenters. The maximum atomic E-state index is 11.5. The zero-order valence-electron chi connectivity index (χ0n) is 9.49. The Kier molecular flexibility index (Phi) is 2.91. The van der Waals surface area contributed by atoms with E-state index < -0.39 is 4.92 Å². The first-order chi connectivity index (χ1) is 7.93. The molecular weight excluding hydrogens is 288 g/mol. The normalized spacial score (nSPS) is 13.7. The van der Waals surface area contributed by atoms with Gasteiger partial charge in [0.2, 0.25) is 5.91 Å². The smallest absolute Gasteiger partial charge is 0.297 e. The molecule has 2 rings (SSSR count). The summed E-state index contributed by atoms with van der Waals surface area (Å²) in [7, 11) is 0. The highest BCUT2D eigenvalue weighted by Gasteiger charge is 2.33. The van der Waals surface area contributed by atoms with Crippen LogP contribution in [-0.4, -0.2) is 17.4 Å². The first-order valence-corrected chi connectivity index (χ1v) is 5.97. The maximum absolute atomic E-state index is 11.5. The number of carbonyl (C=O) groups is 1. The molecule has 0 aromatic heterocycles. The van der Waals surface area contributed by atoms with Crippen molar-refractivity contribution in [3.8, 4) is 0 Å².